The molecule has 162 valence electrons. The molecule has 0 bridgehead atoms. The first-order valence-corrected chi connectivity index (χ1v) is 11.0. The van der Waals surface area contributed by atoms with Crippen LogP contribution in [0.4, 0.5) is 4.79 Å². The zero-order valence-electron chi connectivity index (χ0n) is 18.4. The number of aryl methyl sites for hydroxylation is 1. The van der Waals surface area contributed by atoms with Crippen molar-refractivity contribution in [2.75, 3.05) is 13.7 Å². The maximum absolute atomic E-state index is 13.3. The lowest BCUT2D eigenvalue weighted by molar-refractivity contribution is 0.179. The van der Waals surface area contributed by atoms with Crippen LogP contribution in [0.25, 0.3) is 10.9 Å². The number of fused-ring (bicyclic) bond motifs is 3. The third-order valence-electron chi connectivity index (χ3n) is 6.27. The molecule has 0 spiro atoms. The molecule has 5 nitrogen and oxygen atoms in total. The van der Waals surface area contributed by atoms with Crippen molar-refractivity contribution in [2.45, 2.75) is 25.9 Å². The minimum Gasteiger partial charge on any atom is -0.497 e. The summed E-state index contributed by atoms with van der Waals surface area (Å²) in [5, 5.41) is 4.28. The van der Waals surface area contributed by atoms with Crippen LogP contribution in [-0.4, -0.2) is 29.6 Å². The van der Waals surface area contributed by atoms with Crippen molar-refractivity contribution in [1.82, 2.24) is 15.2 Å². The van der Waals surface area contributed by atoms with Crippen molar-refractivity contribution in [2.24, 2.45) is 0 Å². The van der Waals surface area contributed by atoms with E-state index in [1.165, 1.54) is 16.5 Å². The van der Waals surface area contributed by atoms with E-state index >= 15 is 0 Å². The number of nitrogens with one attached hydrogen (secondary N) is 2. The number of H-pyrrole nitrogens is 1. The van der Waals surface area contributed by atoms with Gasteiger partial charge in [-0.25, -0.2) is 4.79 Å². The highest BCUT2D eigenvalue weighted by Crippen LogP contribution is 2.39. The van der Waals surface area contributed by atoms with E-state index in [1.807, 2.05) is 41.3 Å². The molecule has 1 unspecified atom stereocenters. The van der Waals surface area contributed by atoms with Crippen molar-refractivity contribution in [3.05, 3.63) is 101 Å². The number of benzene rings is 3. The highest BCUT2D eigenvalue weighted by Gasteiger charge is 2.34. The highest BCUT2D eigenvalue weighted by molar-refractivity contribution is 5.87. The van der Waals surface area contributed by atoms with E-state index in [-0.39, 0.29) is 12.1 Å². The SMILES string of the molecule is COc1ccc2[nH]c3c(c2c1)CCN(C(=O)NCc1ccccc1)C3c1ccc(C)cc1. The van der Waals surface area contributed by atoms with Gasteiger partial charge >= 0.3 is 6.03 Å². The van der Waals surface area contributed by atoms with Crippen LogP contribution in [0, 0.1) is 6.92 Å². The molecule has 2 N–H and O–H groups in total. The number of methoxy groups -OCH3 is 1. The summed E-state index contributed by atoms with van der Waals surface area (Å²) in [4.78, 5) is 18.9. The number of amides is 2. The van der Waals surface area contributed by atoms with E-state index in [2.05, 4.69) is 53.6 Å². The number of aromatic nitrogens is 1. The van der Waals surface area contributed by atoms with Gasteiger partial charge < -0.3 is 19.9 Å². The minimum absolute atomic E-state index is 0.0543. The minimum atomic E-state index is -0.173. The van der Waals surface area contributed by atoms with Gasteiger partial charge in [-0.1, -0.05) is 60.2 Å². The fourth-order valence-corrected chi connectivity index (χ4v) is 4.58. The predicted octanol–water partition coefficient (Wildman–Crippen LogP) is 5.34. The Labute approximate surface area is 188 Å². The molecule has 0 fully saturated rings. The van der Waals surface area contributed by atoms with E-state index in [4.69, 9.17) is 4.74 Å². The number of aromatic amines is 1. The molecule has 3 aromatic carbocycles. The Hall–Kier alpha value is -3.73. The third-order valence-corrected chi connectivity index (χ3v) is 6.27. The summed E-state index contributed by atoms with van der Waals surface area (Å²) in [5.74, 6) is 0.842. The van der Waals surface area contributed by atoms with Crippen LogP contribution >= 0.6 is 0 Å². The summed E-state index contributed by atoms with van der Waals surface area (Å²) in [6.07, 6.45) is 0.795. The van der Waals surface area contributed by atoms with E-state index in [9.17, 15) is 4.79 Å². The van der Waals surface area contributed by atoms with E-state index in [0.29, 0.717) is 13.1 Å². The topological polar surface area (TPSA) is 57.4 Å². The second-order valence-electron chi connectivity index (χ2n) is 8.33. The third kappa shape index (κ3) is 3.71. The van der Waals surface area contributed by atoms with Crippen LogP contribution in [0.15, 0.2) is 72.8 Å². The van der Waals surface area contributed by atoms with Gasteiger partial charge in [0.1, 0.15) is 5.75 Å². The zero-order chi connectivity index (χ0) is 22.1. The van der Waals surface area contributed by atoms with Gasteiger partial charge in [0.25, 0.3) is 0 Å². The number of nitrogens with zero attached hydrogens (tertiary/aromatic N) is 1. The van der Waals surface area contributed by atoms with Crippen LogP contribution in [0.5, 0.6) is 5.75 Å². The number of carbonyl (C=O) groups excluding carboxylic acids is 1. The van der Waals surface area contributed by atoms with Crippen molar-refractivity contribution in [3.63, 3.8) is 0 Å². The fourth-order valence-electron chi connectivity index (χ4n) is 4.58. The molecule has 2 amide bonds. The fraction of sp³-hybridized carbons (Fsp3) is 0.222. The molecule has 1 aliphatic heterocycles. The van der Waals surface area contributed by atoms with Gasteiger partial charge in [-0.2, -0.15) is 0 Å². The molecule has 5 heteroatoms. The van der Waals surface area contributed by atoms with Crippen molar-refractivity contribution in [1.29, 1.82) is 0 Å². The summed E-state index contributed by atoms with van der Waals surface area (Å²) in [6, 6.07) is 24.3. The van der Waals surface area contributed by atoms with Crippen molar-refractivity contribution in [3.8, 4) is 5.75 Å². The maximum Gasteiger partial charge on any atom is 0.318 e. The summed E-state index contributed by atoms with van der Waals surface area (Å²) < 4.78 is 5.45. The molecule has 0 saturated carbocycles. The van der Waals surface area contributed by atoms with Gasteiger partial charge in [0.05, 0.1) is 13.2 Å². The van der Waals surface area contributed by atoms with Gasteiger partial charge in [0, 0.05) is 29.7 Å². The number of hydrogen-bond donors (Lipinski definition) is 2. The zero-order valence-corrected chi connectivity index (χ0v) is 18.4. The molecule has 1 aromatic heterocycles. The summed E-state index contributed by atoms with van der Waals surface area (Å²) in [5.41, 5.74) is 6.80. The number of urea groups is 1. The molecule has 4 aromatic rings. The van der Waals surface area contributed by atoms with Crippen molar-refractivity contribution < 1.29 is 9.53 Å². The Bertz CT molecular complexity index is 1250. The number of rotatable bonds is 4. The Morgan fingerprint density at radius 1 is 1.09 bits per heavy atom. The lowest BCUT2D eigenvalue weighted by Gasteiger charge is -2.36. The second kappa shape index (κ2) is 8.42. The molecule has 1 atom stereocenters. The number of ether oxygens (including phenoxy) is 1. The second-order valence-corrected chi connectivity index (χ2v) is 8.33. The molecular formula is C27H27N3O2. The van der Waals surface area contributed by atoms with Gasteiger partial charge in [-0.3, -0.25) is 0 Å². The molecule has 1 aliphatic rings. The molecular weight excluding hydrogens is 398 g/mol. The van der Waals surface area contributed by atoms with Crippen LogP contribution in [0.3, 0.4) is 0 Å². The Kier molecular flexibility index (Phi) is 5.31. The van der Waals surface area contributed by atoms with Gasteiger partial charge in [0.15, 0.2) is 0 Å². The van der Waals surface area contributed by atoms with Crippen LogP contribution < -0.4 is 10.1 Å². The van der Waals surface area contributed by atoms with E-state index in [1.54, 1.807) is 7.11 Å². The van der Waals surface area contributed by atoms with Gasteiger partial charge in [0.2, 0.25) is 0 Å². The lowest BCUT2D eigenvalue weighted by Crippen LogP contribution is -2.45. The van der Waals surface area contributed by atoms with E-state index in [0.717, 1.165) is 34.5 Å². The standard InChI is InChI=1S/C27H27N3O2/c1-18-8-10-20(11-9-18)26-25-22(23-16-21(32-2)12-13-24(23)29-25)14-15-30(26)27(31)28-17-19-6-4-3-5-7-19/h3-13,16,26,29H,14-15,17H2,1-2H3,(H,28,31). The molecule has 2 heterocycles. The predicted molar refractivity (Wildman–Crippen MR) is 127 cm³/mol. The Balaban J connectivity index is 1.53. The molecule has 0 saturated heterocycles. The summed E-state index contributed by atoms with van der Waals surface area (Å²) >= 11 is 0. The first-order valence-electron chi connectivity index (χ1n) is 11.0. The first-order chi connectivity index (χ1) is 15.6. The number of hydrogen-bond acceptors (Lipinski definition) is 2. The van der Waals surface area contributed by atoms with Gasteiger partial charge in [-0.15, -0.1) is 0 Å². The summed E-state index contributed by atoms with van der Waals surface area (Å²) in [7, 11) is 1.69. The van der Waals surface area contributed by atoms with Crippen LogP contribution in [0.1, 0.15) is 34.0 Å². The average molecular weight is 426 g/mol. The van der Waals surface area contributed by atoms with E-state index < -0.39 is 0 Å². The molecule has 0 aliphatic carbocycles. The highest BCUT2D eigenvalue weighted by atomic mass is 16.5. The Morgan fingerprint density at radius 3 is 2.62 bits per heavy atom. The number of carbonyl (C=O) groups is 1. The maximum atomic E-state index is 13.3. The molecule has 32 heavy (non-hydrogen) atoms. The average Bonchev–Trinajstić information content (AvgIpc) is 3.21. The summed E-state index contributed by atoms with van der Waals surface area (Å²) in [6.45, 7) is 3.24. The first kappa shape index (κ1) is 20.2. The van der Waals surface area contributed by atoms with Crippen LogP contribution in [0.2, 0.25) is 0 Å². The van der Waals surface area contributed by atoms with Gasteiger partial charge in [-0.05, 0) is 48.2 Å². The largest absolute Gasteiger partial charge is 0.497 e. The monoisotopic (exact) mass is 425 g/mol. The molecule has 5 rings (SSSR count). The molecule has 0 radical (unpaired) electrons. The quantitative estimate of drug-likeness (QED) is 0.464. The lowest BCUT2D eigenvalue weighted by atomic mass is 9.92. The van der Waals surface area contributed by atoms with Crippen molar-refractivity contribution >= 4 is 16.9 Å². The smallest absolute Gasteiger partial charge is 0.318 e. The normalized spacial score (nSPS) is 15.4. The van der Waals surface area contributed by atoms with Crippen LogP contribution in [-0.2, 0) is 13.0 Å². The Morgan fingerprint density at radius 2 is 1.88 bits per heavy atom.